The number of rotatable bonds is 2. The average Bonchev–Trinajstić information content (AvgIpc) is 2.62. The molecule has 0 aromatic carbocycles. The summed E-state index contributed by atoms with van der Waals surface area (Å²) in [6.45, 7) is 4.24. The molecule has 0 N–H and O–H groups in total. The molecular weight excluding hydrogens is 280 g/mol. The fourth-order valence-corrected chi connectivity index (χ4v) is 3.96. The van der Waals surface area contributed by atoms with Crippen LogP contribution in [0.4, 0.5) is 0 Å². The lowest BCUT2D eigenvalue weighted by molar-refractivity contribution is -0.146. The van der Waals surface area contributed by atoms with Crippen LogP contribution in [0.5, 0.6) is 0 Å². The second-order valence-corrected chi connectivity index (χ2v) is 6.87. The van der Waals surface area contributed by atoms with Crippen molar-refractivity contribution in [3.63, 3.8) is 0 Å². The zero-order valence-corrected chi connectivity index (χ0v) is 13.5. The van der Waals surface area contributed by atoms with Crippen molar-refractivity contribution in [1.29, 1.82) is 0 Å². The number of hydrogen-bond donors (Lipinski definition) is 0. The Bertz CT molecular complexity index is 355. The molecule has 2 aliphatic heterocycles. The lowest BCUT2D eigenvalue weighted by Crippen LogP contribution is -2.53. The molecule has 5 nitrogen and oxygen atoms in total. The second kappa shape index (κ2) is 7.44. The highest BCUT2D eigenvalue weighted by molar-refractivity contribution is 5.81. The molecule has 0 aromatic heterocycles. The third kappa shape index (κ3) is 3.62. The Morgan fingerprint density at radius 1 is 0.682 bits per heavy atom. The number of hydrogen-bond acceptors (Lipinski definition) is 3. The molecule has 3 aliphatic rings. The molecule has 2 amide bonds. The summed E-state index contributed by atoms with van der Waals surface area (Å²) in [6, 6.07) is 0. The van der Waals surface area contributed by atoms with Crippen LogP contribution >= 0.6 is 0 Å². The number of amides is 2. The molecule has 2 saturated heterocycles. The van der Waals surface area contributed by atoms with Gasteiger partial charge in [-0.25, -0.2) is 0 Å². The molecule has 22 heavy (non-hydrogen) atoms. The van der Waals surface area contributed by atoms with Gasteiger partial charge in [-0.15, -0.1) is 0 Å². The first-order chi connectivity index (χ1) is 10.8. The van der Waals surface area contributed by atoms with Crippen LogP contribution in [0, 0.1) is 11.8 Å². The van der Waals surface area contributed by atoms with Crippen LogP contribution in [0.2, 0.25) is 0 Å². The zero-order valence-electron chi connectivity index (χ0n) is 13.5. The van der Waals surface area contributed by atoms with E-state index >= 15 is 0 Å². The van der Waals surface area contributed by atoms with E-state index in [9.17, 15) is 9.59 Å². The van der Waals surface area contributed by atoms with Crippen molar-refractivity contribution >= 4 is 11.8 Å². The van der Waals surface area contributed by atoms with Crippen LogP contribution in [0.3, 0.4) is 0 Å². The number of carbonyl (C=O) groups excluding carboxylic acids is 2. The predicted molar refractivity (Wildman–Crippen MR) is 83.3 cm³/mol. The van der Waals surface area contributed by atoms with E-state index in [2.05, 4.69) is 0 Å². The topological polar surface area (TPSA) is 49.9 Å². The maximum absolute atomic E-state index is 12.5. The van der Waals surface area contributed by atoms with Gasteiger partial charge in [0.15, 0.2) is 0 Å². The van der Waals surface area contributed by atoms with Gasteiger partial charge in [-0.05, 0) is 25.7 Å². The van der Waals surface area contributed by atoms with Gasteiger partial charge in [0.1, 0.15) is 0 Å². The molecule has 1 saturated carbocycles. The lowest BCUT2D eigenvalue weighted by atomic mass is 9.88. The summed E-state index contributed by atoms with van der Waals surface area (Å²) < 4.78 is 5.33. The maximum atomic E-state index is 12.5. The van der Waals surface area contributed by atoms with Crippen LogP contribution in [0.1, 0.15) is 44.9 Å². The first kappa shape index (κ1) is 15.8. The Hall–Kier alpha value is -1.10. The molecule has 5 heteroatoms. The molecule has 3 fully saturated rings. The van der Waals surface area contributed by atoms with E-state index in [4.69, 9.17) is 4.74 Å². The highest BCUT2D eigenvalue weighted by Gasteiger charge is 2.32. The third-order valence-electron chi connectivity index (χ3n) is 5.43. The minimum absolute atomic E-state index is 0.134. The van der Waals surface area contributed by atoms with E-state index in [0.717, 1.165) is 25.7 Å². The molecule has 0 atom stereocenters. The van der Waals surface area contributed by atoms with Crippen LogP contribution in [-0.4, -0.2) is 61.0 Å². The quantitative estimate of drug-likeness (QED) is 0.779. The highest BCUT2D eigenvalue weighted by Crippen LogP contribution is 2.26. The Kier molecular flexibility index (Phi) is 5.34. The van der Waals surface area contributed by atoms with Gasteiger partial charge in [-0.2, -0.15) is 0 Å². The zero-order chi connectivity index (χ0) is 15.4. The first-order valence-electron chi connectivity index (χ1n) is 8.91. The Morgan fingerprint density at radius 2 is 1.14 bits per heavy atom. The van der Waals surface area contributed by atoms with Gasteiger partial charge < -0.3 is 14.5 Å². The second-order valence-electron chi connectivity index (χ2n) is 6.87. The Balaban J connectivity index is 1.47. The monoisotopic (exact) mass is 308 g/mol. The highest BCUT2D eigenvalue weighted by atomic mass is 16.5. The van der Waals surface area contributed by atoms with Crippen molar-refractivity contribution in [2.45, 2.75) is 44.9 Å². The smallest absolute Gasteiger partial charge is 0.225 e. The number of carbonyl (C=O) groups is 2. The molecule has 0 bridgehead atoms. The summed E-state index contributed by atoms with van der Waals surface area (Å²) in [7, 11) is 0. The molecule has 0 spiro atoms. The number of piperazine rings is 1. The van der Waals surface area contributed by atoms with Crippen LogP contribution in [0.25, 0.3) is 0 Å². The van der Waals surface area contributed by atoms with Gasteiger partial charge >= 0.3 is 0 Å². The van der Waals surface area contributed by atoms with Gasteiger partial charge in [0.25, 0.3) is 0 Å². The summed E-state index contributed by atoms with van der Waals surface area (Å²) in [4.78, 5) is 29.0. The van der Waals surface area contributed by atoms with E-state index in [1.807, 2.05) is 9.80 Å². The van der Waals surface area contributed by atoms with Gasteiger partial charge in [0, 0.05) is 51.2 Å². The average molecular weight is 308 g/mol. The minimum atomic E-state index is 0.134. The van der Waals surface area contributed by atoms with E-state index in [1.54, 1.807) is 0 Å². The summed E-state index contributed by atoms with van der Waals surface area (Å²) in [5.74, 6) is 0.978. The molecule has 2 heterocycles. The fraction of sp³-hybridized carbons (Fsp3) is 0.882. The SMILES string of the molecule is O=C(C1CCCCC1)N1CCN(C(=O)C2CCOCC2)CC1. The van der Waals surface area contributed by atoms with E-state index in [1.165, 1.54) is 19.3 Å². The van der Waals surface area contributed by atoms with Crippen molar-refractivity contribution in [2.75, 3.05) is 39.4 Å². The Labute approximate surface area is 133 Å². The third-order valence-corrected chi connectivity index (χ3v) is 5.43. The molecule has 0 aromatic rings. The maximum Gasteiger partial charge on any atom is 0.225 e. The normalized spacial score (nSPS) is 25.3. The van der Waals surface area contributed by atoms with Crippen LogP contribution < -0.4 is 0 Å². The van der Waals surface area contributed by atoms with E-state index in [-0.39, 0.29) is 17.7 Å². The number of nitrogens with zero attached hydrogens (tertiary/aromatic N) is 2. The standard InChI is InChI=1S/C17H28N2O3/c20-16(14-4-2-1-3-5-14)18-8-10-19(11-9-18)17(21)15-6-12-22-13-7-15/h14-15H,1-13H2. The molecule has 3 rings (SSSR count). The molecule has 124 valence electrons. The Morgan fingerprint density at radius 3 is 1.64 bits per heavy atom. The van der Waals surface area contributed by atoms with Crippen molar-refractivity contribution < 1.29 is 14.3 Å². The van der Waals surface area contributed by atoms with E-state index in [0.29, 0.717) is 45.3 Å². The predicted octanol–water partition coefficient (Wildman–Crippen LogP) is 1.66. The largest absolute Gasteiger partial charge is 0.381 e. The summed E-state index contributed by atoms with van der Waals surface area (Å²) in [6.07, 6.45) is 7.47. The molecule has 0 unspecified atom stereocenters. The van der Waals surface area contributed by atoms with Gasteiger partial charge in [0.05, 0.1) is 0 Å². The fourth-order valence-electron chi connectivity index (χ4n) is 3.96. The molecule has 1 aliphatic carbocycles. The lowest BCUT2D eigenvalue weighted by Gasteiger charge is -2.38. The van der Waals surface area contributed by atoms with Crippen molar-refractivity contribution in [1.82, 2.24) is 9.80 Å². The first-order valence-corrected chi connectivity index (χ1v) is 8.91. The summed E-state index contributed by atoms with van der Waals surface area (Å²) in [5, 5.41) is 0. The van der Waals surface area contributed by atoms with E-state index < -0.39 is 0 Å². The van der Waals surface area contributed by atoms with Crippen LogP contribution in [0.15, 0.2) is 0 Å². The number of ether oxygens (including phenoxy) is 1. The summed E-state index contributed by atoms with van der Waals surface area (Å²) >= 11 is 0. The van der Waals surface area contributed by atoms with Gasteiger partial charge in [-0.3, -0.25) is 9.59 Å². The van der Waals surface area contributed by atoms with Crippen molar-refractivity contribution in [2.24, 2.45) is 11.8 Å². The van der Waals surface area contributed by atoms with Crippen molar-refractivity contribution in [3.8, 4) is 0 Å². The van der Waals surface area contributed by atoms with Crippen LogP contribution in [-0.2, 0) is 14.3 Å². The minimum Gasteiger partial charge on any atom is -0.381 e. The molecular formula is C17H28N2O3. The van der Waals surface area contributed by atoms with Gasteiger partial charge in [0.2, 0.25) is 11.8 Å². The molecule has 0 radical (unpaired) electrons. The summed E-state index contributed by atoms with van der Waals surface area (Å²) in [5.41, 5.74) is 0. The van der Waals surface area contributed by atoms with Crippen molar-refractivity contribution in [3.05, 3.63) is 0 Å². The van der Waals surface area contributed by atoms with Gasteiger partial charge in [-0.1, -0.05) is 19.3 Å².